The van der Waals surface area contributed by atoms with Gasteiger partial charge in [-0.1, -0.05) is 13.3 Å². The molecule has 1 N–H and O–H groups in total. The molecule has 0 aromatic carbocycles. The van der Waals surface area contributed by atoms with Crippen LogP contribution in [0.4, 0.5) is 0 Å². The Kier molecular flexibility index (Phi) is 5.65. The third kappa shape index (κ3) is 4.02. The minimum Gasteiger partial charge on any atom is -0.317 e. The van der Waals surface area contributed by atoms with Crippen LogP contribution in [0.1, 0.15) is 75.7 Å². The molecule has 24 heavy (non-hydrogen) atoms. The van der Waals surface area contributed by atoms with Gasteiger partial charge in [0.25, 0.3) is 0 Å². The molecule has 4 nitrogen and oxygen atoms in total. The Labute approximate surface area is 145 Å². The van der Waals surface area contributed by atoms with Crippen LogP contribution < -0.4 is 5.32 Å². The molecule has 4 heteroatoms. The molecule has 1 aliphatic heterocycles. The number of hydrogen-bond donors (Lipinski definition) is 1. The number of nitrogens with zero attached hydrogens (tertiary/aromatic N) is 2. The van der Waals surface area contributed by atoms with E-state index in [2.05, 4.69) is 15.3 Å². The lowest BCUT2D eigenvalue weighted by molar-refractivity contribution is -0.134. The summed E-state index contributed by atoms with van der Waals surface area (Å²) in [4.78, 5) is 19.8. The zero-order valence-electron chi connectivity index (χ0n) is 15.2. The molecule has 2 saturated carbocycles. The van der Waals surface area contributed by atoms with Crippen molar-refractivity contribution in [3.05, 3.63) is 23.8 Å². The number of carbonyl (C=O) groups is 1. The fourth-order valence-corrected chi connectivity index (χ4v) is 4.41. The van der Waals surface area contributed by atoms with Crippen molar-refractivity contribution >= 4 is 5.78 Å². The minimum atomic E-state index is 0.459. The van der Waals surface area contributed by atoms with Gasteiger partial charge in [0.1, 0.15) is 11.6 Å². The quantitative estimate of drug-likeness (QED) is 0.916. The van der Waals surface area contributed by atoms with Crippen molar-refractivity contribution in [2.45, 2.75) is 71.1 Å². The van der Waals surface area contributed by atoms with Crippen LogP contribution in [0.25, 0.3) is 0 Å². The smallest absolute Gasteiger partial charge is 0.135 e. The molecule has 1 aromatic heterocycles. The van der Waals surface area contributed by atoms with Crippen LogP contribution in [0.5, 0.6) is 0 Å². The summed E-state index contributed by atoms with van der Waals surface area (Å²) >= 11 is 0. The Balaban J connectivity index is 0.000000143. The summed E-state index contributed by atoms with van der Waals surface area (Å²) in [5.74, 6) is 2.49. The maximum Gasteiger partial charge on any atom is 0.135 e. The highest BCUT2D eigenvalue weighted by molar-refractivity contribution is 5.81. The summed E-state index contributed by atoms with van der Waals surface area (Å²) < 4.78 is 0. The molecule has 0 atom stereocenters. The van der Waals surface area contributed by atoms with Crippen molar-refractivity contribution < 1.29 is 4.79 Å². The zero-order valence-corrected chi connectivity index (χ0v) is 15.2. The van der Waals surface area contributed by atoms with Crippen molar-refractivity contribution in [2.75, 3.05) is 13.1 Å². The van der Waals surface area contributed by atoms with E-state index >= 15 is 0 Å². The minimum absolute atomic E-state index is 0.459. The first-order valence-corrected chi connectivity index (χ1v) is 9.65. The van der Waals surface area contributed by atoms with Crippen LogP contribution in [0.2, 0.25) is 0 Å². The van der Waals surface area contributed by atoms with Gasteiger partial charge in [0, 0.05) is 30.1 Å². The number of aryl methyl sites for hydroxylation is 1. The van der Waals surface area contributed by atoms with Crippen molar-refractivity contribution in [3.63, 3.8) is 0 Å². The largest absolute Gasteiger partial charge is 0.317 e. The van der Waals surface area contributed by atoms with E-state index in [1.165, 1.54) is 50.6 Å². The number of ketones is 1. The normalized spacial score (nSPS) is 22.9. The van der Waals surface area contributed by atoms with Crippen LogP contribution in [-0.2, 0) is 4.79 Å². The van der Waals surface area contributed by atoms with Crippen molar-refractivity contribution in [1.82, 2.24) is 15.3 Å². The fraction of sp³-hybridized carbons (Fsp3) is 0.750. The highest BCUT2D eigenvalue weighted by atomic mass is 16.1. The zero-order chi connectivity index (χ0) is 17.0. The molecule has 2 aliphatic carbocycles. The molecule has 4 rings (SSSR count). The molecule has 0 unspecified atom stereocenters. The lowest BCUT2D eigenvalue weighted by atomic mass is 9.51. The van der Waals surface area contributed by atoms with E-state index < -0.39 is 0 Å². The van der Waals surface area contributed by atoms with E-state index in [0.717, 1.165) is 25.3 Å². The van der Waals surface area contributed by atoms with Gasteiger partial charge >= 0.3 is 0 Å². The molecular formula is C20H31N3O. The molecule has 3 fully saturated rings. The second-order valence-corrected chi connectivity index (χ2v) is 7.83. The second kappa shape index (κ2) is 7.73. The van der Waals surface area contributed by atoms with Crippen LogP contribution in [0, 0.1) is 18.3 Å². The number of aromatic nitrogens is 2. The van der Waals surface area contributed by atoms with E-state index in [1.54, 1.807) is 0 Å². The molecule has 3 aliphatic rings. The molecular weight excluding hydrogens is 298 g/mol. The standard InChI is InChI=1S/C10H15N3.C10H16O/c1-8-12-7-4-10(13-8)9-2-5-11-6-3-9;1-2-9(11)8-6-10(7-8)4-3-5-10/h4,7,9,11H,2-3,5-6H2,1H3;8H,2-7H2,1H3. The highest BCUT2D eigenvalue weighted by Crippen LogP contribution is 2.58. The number of hydrogen-bond acceptors (Lipinski definition) is 4. The van der Waals surface area contributed by atoms with Gasteiger partial charge in [-0.2, -0.15) is 0 Å². The van der Waals surface area contributed by atoms with Crippen LogP contribution in [0.15, 0.2) is 12.3 Å². The average Bonchev–Trinajstić information content (AvgIpc) is 2.53. The van der Waals surface area contributed by atoms with Gasteiger partial charge in [0.15, 0.2) is 0 Å². The third-order valence-electron chi connectivity index (χ3n) is 6.13. The topological polar surface area (TPSA) is 54.9 Å². The lowest BCUT2D eigenvalue weighted by Crippen LogP contribution is -2.45. The molecule has 0 bridgehead atoms. The molecule has 132 valence electrons. The molecule has 2 heterocycles. The summed E-state index contributed by atoms with van der Waals surface area (Å²) in [6.07, 6.45) is 11.7. The first-order valence-electron chi connectivity index (χ1n) is 9.65. The molecule has 1 spiro atoms. The second-order valence-electron chi connectivity index (χ2n) is 7.83. The maximum atomic E-state index is 11.2. The van der Waals surface area contributed by atoms with E-state index in [-0.39, 0.29) is 0 Å². The number of carbonyl (C=O) groups excluding carboxylic acids is 1. The number of nitrogens with one attached hydrogen (secondary N) is 1. The molecule has 1 saturated heterocycles. The summed E-state index contributed by atoms with van der Waals surface area (Å²) in [6.45, 7) is 6.17. The Morgan fingerprint density at radius 1 is 1.29 bits per heavy atom. The number of piperidine rings is 1. The van der Waals surface area contributed by atoms with E-state index in [1.807, 2.05) is 26.1 Å². The van der Waals surface area contributed by atoms with Gasteiger partial charge in [0.2, 0.25) is 0 Å². The number of Topliss-reactive ketones (excluding diaryl/α,β-unsaturated/α-hetero) is 1. The van der Waals surface area contributed by atoms with E-state index in [9.17, 15) is 4.79 Å². The predicted octanol–water partition coefficient (Wildman–Crippen LogP) is 3.80. The summed E-state index contributed by atoms with van der Waals surface area (Å²) in [5, 5.41) is 3.36. The highest BCUT2D eigenvalue weighted by Gasteiger charge is 2.49. The Morgan fingerprint density at radius 2 is 2.00 bits per heavy atom. The Morgan fingerprint density at radius 3 is 2.54 bits per heavy atom. The van der Waals surface area contributed by atoms with Gasteiger partial charge in [-0.05, 0) is 70.0 Å². The molecule has 1 aromatic rings. The van der Waals surface area contributed by atoms with Gasteiger partial charge in [-0.3, -0.25) is 4.79 Å². The maximum absolute atomic E-state index is 11.2. The fourth-order valence-electron chi connectivity index (χ4n) is 4.41. The summed E-state index contributed by atoms with van der Waals surface area (Å²) in [6, 6.07) is 2.04. The third-order valence-corrected chi connectivity index (χ3v) is 6.13. The van der Waals surface area contributed by atoms with Crippen LogP contribution >= 0.6 is 0 Å². The molecule has 0 radical (unpaired) electrons. The first-order chi connectivity index (χ1) is 11.6. The van der Waals surface area contributed by atoms with Gasteiger partial charge in [0.05, 0.1) is 0 Å². The average molecular weight is 329 g/mol. The first kappa shape index (κ1) is 17.5. The van der Waals surface area contributed by atoms with Crippen LogP contribution in [-0.4, -0.2) is 28.8 Å². The number of rotatable bonds is 3. The van der Waals surface area contributed by atoms with Crippen LogP contribution in [0.3, 0.4) is 0 Å². The summed E-state index contributed by atoms with van der Waals surface area (Å²) in [5.41, 5.74) is 1.89. The van der Waals surface area contributed by atoms with Gasteiger partial charge in [-0.25, -0.2) is 9.97 Å². The van der Waals surface area contributed by atoms with E-state index in [0.29, 0.717) is 23.0 Å². The van der Waals surface area contributed by atoms with Gasteiger partial charge in [-0.15, -0.1) is 0 Å². The Hall–Kier alpha value is -1.29. The lowest BCUT2D eigenvalue weighted by Gasteiger charge is -2.53. The monoisotopic (exact) mass is 329 g/mol. The van der Waals surface area contributed by atoms with Crippen molar-refractivity contribution in [3.8, 4) is 0 Å². The molecule has 0 amide bonds. The van der Waals surface area contributed by atoms with Crippen molar-refractivity contribution in [2.24, 2.45) is 11.3 Å². The SMILES string of the molecule is CCC(=O)C1CC2(CCC2)C1.Cc1nccc(C2CCNCC2)n1. The van der Waals surface area contributed by atoms with Gasteiger partial charge < -0.3 is 5.32 Å². The Bertz CT molecular complexity index is 554. The van der Waals surface area contributed by atoms with Crippen molar-refractivity contribution in [1.29, 1.82) is 0 Å². The van der Waals surface area contributed by atoms with E-state index in [4.69, 9.17) is 0 Å². The predicted molar refractivity (Wildman–Crippen MR) is 95.9 cm³/mol. The summed E-state index contributed by atoms with van der Waals surface area (Å²) in [7, 11) is 0.